The number of carbonyl (C=O) groups is 2. The molecular formula is C25H33ClN4O3. The number of rotatable bonds is 6. The predicted octanol–water partition coefficient (Wildman–Crippen LogP) is 4.18. The molecular weight excluding hydrogens is 440 g/mol. The molecule has 2 amide bonds. The molecule has 1 aromatic heterocycles. The monoisotopic (exact) mass is 472 g/mol. The quantitative estimate of drug-likeness (QED) is 0.632. The second kappa shape index (κ2) is 10.6. The second-order valence-electron chi connectivity index (χ2n) is 9.04. The van der Waals surface area contributed by atoms with E-state index in [9.17, 15) is 9.59 Å². The van der Waals surface area contributed by atoms with Crippen molar-refractivity contribution >= 4 is 23.4 Å². The third kappa shape index (κ3) is 5.69. The highest BCUT2D eigenvalue weighted by molar-refractivity contribution is 6.30. The van der Waals surface area contributed by atoms with Gasteiger partial charge in [-0.1, -0.05) is 17.7 Å². The van der Waals surface area contributed by atoms with Crippen molar-refractivity contribution in [3.05, 3.63) is 46.7 Å². The Kier molecular flexibility index (Phi) is 7.58. The fraction of sp³-hybridized carbons (Fsp3) is 0.560. The summed E-state index contributed by atoms with van der Waals surface area (Å²) < 4.78 is 8.09. The first-order valence-electron chi connectivity index (χ1n) is 12.0. The molecule has 0 unspecified atom stereocenters. The lowest BCUT2D eigenvalue weighted by molar-refractivity contribution is -0.134. The van der Waals surface area contributed by atoms with Gasteiger partial charge < -0.3 is 14.5 Å². The summed E-state index contributed by atoms with van der Waals surface area (Å²) in [6, 6.07) is 7.35. The number of aromatic nitrogens is 2. The normalized spacial score (nSPS) is 21.2. The maximum absolute atomic E-state index is 13.3. The number of hydrogen-bond donors (Lipinski definition) is 0. The number of carbonyl (C=O) groups excluding carboxylic acids is 2. The fourth-order valence-electron chi connectivity index (χ4n) is 4.82. The van der Waals surface area contributed by atoms with Crippen LogP contribution >= 0.6 is 11.6 Å². The summed E-state index contributed by atoms with van der Waals surface area (Å²) in [5.41, 5.74) is 1.37. The summed E-state index contributed by atoms with van der Waals surface area (Å²) in [6.45, 7) is 7.30. The molecule has 0 saturated carbocycles. The van der Waals surface area contributed by atoms with Crippen molar-refractivity contribution in [1.29, 1.82) is 0 Å². The molecule has 0 spiro atoms. The van der Waals surface area contributed by atoms with E-state index in [-0.39, 0.29) is 23.8 Å². The molecule has 2 aliphatic heterocycles. The molecule has 0 bridgehead atoms. The molecule has 2 aromatic rings. The highest BCUT2D eigenvalue weighted by atomic mass is 35.5. The molecule has 3 heterocycles. The van der Waals surface area contributed by atoms with Gasteiger partial charge in [-0.15, -0.1) is 0 Å². The van der Waals surface area contributed by atoms with Crippen LogP contribution in [-0.4, -0.2) is 63.7 Å². The zero-order chi connectivity index (χ0) is 23.4. The lowest BCUT2D eigenvalue weighted by Gasteiger charge is -2.39. The number of nitrogens with zero attached hydrogens (tertiary/aromatic N) is 4. The lowest BCUT2D eigenvalue weighted by atomic mass is 9.90. The smallest absolute Gasteiger partial charge is 0.257 e. The Morgan fingerprint density at radius 2 is 1.94 bits per heavy atom. The van der Waals surface area contributed by atoms with Gasteiger partial charge in [0.15, 0.2) is 0 Å². The molecule has 0 aliphatic carbocycles. The molecule has 0 radical (unpaired) electrons. The molecule has 8 heteroatoms. The standard InChI is InChI=1S/C25H33ClN4O3/c1-3-30-17-22(18(2)27-30)25(32)29-13-10-23(33-21-9-7-8-20(26)15-21)19(16-29)14-24(31)28-11-5-4-6-12-28/h7-9,15,17,19,23H,3-6,10-14,16H2,1-2H3/t19-,23-/m0/s1. The van der Waals surface area contributed by atoms with Gasteiger partial charge in [0.25, 0.3) is 5.91 Å². The van der Waals surface area contributed by atoms with Crippen LogP contribution in [0.2, 0.25) is 5.02 Å². The Morgan fingerprint density at radius 1 is 1.15 bits per heavy atom. The Hall–Kier alpha value is -2.54. The molecule has 7 nitrogen and oxygen atoms in total. The summed E-state index contributed by atoms with van der Waals surface area (Å²) >= 11 is 6.14. The van der Waals surface area contributed by atoms with Crippen molar-refractivity contribution < 1.29 is 14.3 Å². The molecule has 4 rings (SSSR count). The molecule has 2 atom stereocenters. The highest BCUT2D eigenvalue weighted by Crippen LogP contribution is 2.29. The zero-order valence-corrected chi connectivity index (χ0v) is 20.3. The summed E-state index contributed by atoms with van der Waals surface area (Å²) in [4.78, 5) is 30.2. The first kappa shape index (κ1) is 23.6. The van der Waals surface area contributed by atoms with Crippen LogP contribution in [0.4, 0.5) is 0 Å². The zero-order valence-electron chi connectivity index (χ0n) is 19.5. The Bertz CT molecular complexity index is 986. The Morgan fingerprint density at radius 3 is 2.64 bits per heavy atom. The van der Waals surface area contributed by atoms with E-state index in [2.05, 4.69) is 5.10 Å². The largest absolute Gasteiger partial charge is 0.490 e. The minimum absolute atomic E-state index is 0.0242. The van der Waals surface area contributed by atoms with E-state index in [1.54, 1.807) is 10.7 Å². The van der Waals surface area contributed by atoms with Gasteiger partial charge in [0, 0.05) is 62.7 Å². The van der Waals surface area contributed by atoms with E-state index < -0.39 is 0 Å². The number of ether oxygens (including phenoxy) is 1. The van der Waals surface area contributed by atoms with Gasteiger partial charge in [0.1, 0.15) is 11.9 Å². The van der Waals surface area contributed by atoms with Crippen molar-refractivity contribution in [2.24, 2.45) is 5.92 Å². The van der Waals surface area contributed by atoms with E-state index in [1.807, 2.05) is 48.0 Å². The Labute approximate surface area is 200 Å². The maximum Gasteiger partial charge on any atom is 0.257 e. The van der Waals surface area contributed by atoms with Crippen LogP contribution in [0.15, 0.2) is 30.5 Å². The molecule has 0 N–H and O–H groups in total. The van der Waals surface area contributed by atoms with Gasteiger partial charge in [0.05, 0.1) is 11.3 Å². The van der Waals surface area contributed by atoms with E-state index >= 15 is 0 Å². The van der Waals surface area contributed by atoms with Crippen molar-refractivity contribution in [1.82, 2.24) is 19.6 Å². The number of hydrogen-bond acceptors (Lipinski definition) is 4. The van der Waals surface area contributed by atoms with E-state index in [0.29, 0.717) is 42.3 Å². The topological polar surface area (TPSA) is 67.7 Å². The van der Waals surface area contributed by atoms with Crippen molar-refractivity contribution in [2.75, 3.05) is 26.2 Å². The van der Waals surface area contributed by atoms with Crippen molar-refractivity contribution in [3.63, 3.8) is 0 Å². The van der Waals surface area contributed by atoms with E-state index in [1.165, 1.54) is 6.42 Å². The second-order valence-corrected chi connectivity index (χ2v) is 9.48. The minimum atomic E-state index is -0.152. The molecule has 33 heavy (non-hydrogen) atoms. The molecule has 2 aliphatic rings. The van der Waals surface area contributed by atoms with Crippen LogP contribution < -0.4 is 4.74 Å². The summed E-state index contributed by atoms with van der Waals surface area (Å²) in [6.07, 6.45) is 6.01. The van der Waals surface area contributed by atoms with Gasteiger partial charge in [0.2, 0.25) is 5.91 Å². The van der Waals surface area contributed by atoms with Crippen LogP contribution in [0.3, 0.4) is 0 Å². The van der Waals surface area contributed by atoms with Crippen molar-refractivity contribution in [3.8, 4) is 5.75 Å². The van der Waals surface area contributed by atoms with Crippen molar-refractivity contribution in [2.45, 2.75) is 58.6 Å². The van der Waals surface area contributed by atoms with E-state index in [0.717, 1.165) is 38.2 Å². The predicted molar refractivity (Wildman–Crippen MR) is 128 cm³/mol. The first-order valence-corrected chi connectivity index (χ1v) is 12.4. The fourth-order valence-corrected chi connectivity index (χ4v) is 5.00. The SMILES string of the molecule is CCn1cc(C(=O)N2CC[C@H](Oc3cccc(Cl)c3)[C@@H](CC(=O)N3CCCCC3)C2)c(C)n1. The summed E-state index contributed by atoms with van der Waals surface area (Å²) in [7, 11) is 0. The molecule has 178 valence electrons. The summed E-state index contributed by atoms with van der Waals surface area (Å²) in [5, 5.41) is 5.04. The number of benzene rings is 1. The lowest BCUT2D eigenvalue weighted by Crippen LogP contribution is -2.50. The van der Waals surface area contributed by atoms with Crippen LogP contribution in [0.25, 0.3) is 0 Å². The third-order valence-electron chi connectivity index (χ3n) is 6.68. The molecule has 1 aromatic carbocycles. The Balaban J connectivity index is 1.50. The summed E-state index contributed by atoms with van der Waals surface area (Å²) in [5.74, 6) is 0.743. The van der Waals surface area contributed by atoms with Gasteiger partial charge in [-0.05, 0) is 51.3 Å². The van der Waals surface area contributed by atoms with Crippen LogP contribution in [-0.2, 0) is 11.3 Å². The van der Waals surface area contributed by atoms with E-state index in [4.69, 9.17) is 16.3 Å². The number of piperidine rings is 2. The van der Waals surface area contributed by atoms with Gasteiger partial charge in [-0.25, -0.2) is 0 Å². The van der Waals surface area contributed by atoms with Gasteiger partial charge >= 0.3 is 0 Å². The third-order valence-corrected chi connectivity index (χ3v) is 6.92. The maximum atomic E-state index is 13.3. The first-order chi connectivity index (χ1) is 15.9. The number of amides is 2. The number of aryl methyl sites for hydroxylation is 2. The minimum Gasteiger partial charge on any atom is -0.490 e. The number of likely N-dealkylation sites (tertiary alicyclic amines) is 2. The molecule has 2 fully saturated rings. The van der Waals surface area contributed by atoms with Gasteiger partial charge in [-0.2, -0.15) is 5.10 Å². The van der Waals surface area contributed by atoms with Crippen LogP contribution in [0, 0.1) is 12.8 Å². The van der Waals surface area contributed by atoms with Crippen LogP contribution in [0.5, 0.6) is 5.75 Å². The number of halogens is 1. The average molecular weight is 473 g/mol. The average Bonchev–Trinajstić information content (AvgIpc) is 3.21. The molecule has 2 saturated heterocycles. The van der Waals surface area contributed by atoms with Gasteiger partial charge in [-0.3, -0.25) is 14.3 Å². The van der Waals surface area contributed by atoms with Crippen LogP contribution in [0.1, 0.15) is 55.1 Å². The highest BCUT2D eigenvalue weighted by Gasteiger charge is 2.36.